The van der Waals surface area contributed by atoms with Crippen LogP contribution in [0.3, 0.4) is 0 Å². The van der Waals surface area contributed by atoms with E-state index in [-0.39, 0.29) is 0 Å². The minimum absolute atomic E-state index is 1.02. The average Bonchev–Trinajstić information content (AvgIpc) is 2.16. The van der Waals surface area contributed by atoms with E-state index in [1.807, 2.05) is 40.7 Å². The van der Waals surface area contributed by atoms with Crippen LogP contribution in [-0.4, -0.2) is 0 Å². The number of hydrogen-bond donors (Lipinski definition) is 0. The maximum absolute atomic E-state index is 3.76. The molecule has 0 fully saturated rings. The molecular formula is C15H26. The van der Waals surface area contributed by atoms with Gasteiger partial charge >= 0.3 is 0 Å². The highest BCUT2D eigenvalue weighted by molar-refractivity contribution is 5.37. The molecule has 0 radical (unpaired) electrons. The molecule has 86 valence electrons. The summed E-state index contributed by atoms with van der Waals surface area (Å²) < 4.78 is 0. The normalized spacial score (nSPS) is 8.47. The Labute approximate surface area is 96.4 Å². The van der Waals surface area contributed by atoms with Crippen molar-refractivity contribution < 1.29 is 0 Å². The molecule has 0 heteroatoms. The van der Waals surface area contributed by atoms with Gasteiger partial charge in [0.05, 0.1) is 0 Å². The predicted molar refractivity (Wildman–Crippen MR) is 75.1 cm³/mol. The first-order valence-electron chi connectivity index (χ1n) is 5.18. The summed E-state index contributed by atoms with van der Waals surface area (Å²) in [7, 11) is 0. The molecule has 15 heavy (non-hydrogen) atoms. The van der Waals surface area contributed by atoms with Gasteiger partial charge in [0.15, 0.2) is 0 Å². The van der Waals surface area contributed by atoms with Crippen LogP contribution in [0.15, 0.2) is 61.3 Å². The molecule has 0 aromatic carbocycles. The Morgan fingerprint density at radius 2 is 1.27 bits per heavy atom. The predicted octanol–water partition coefficient (Wildman–Crippen LogP) is 5.47. The smallest absolute Gasteiger partial charge is 0.0239 e. The van der Waals surface area contributed by atoms with Gasteiger partial charge in [0.2, 0.25) is 0 Å². The van der Waals surface area contributed by atoms with E-state index in [0.717, 1.165) is 11.1 Å². The van der Waals surface area contributed by atoms with Gasteiger partial charge in [0, 0.05) is 0 Å². The lowest BCUT2D eigenvalue weighted by atomic mass is 10.1. The third-order valence-electron chi connectivity index (χ3n) is 1.01. The molecule has 0 aliphatic carbocycles. The van der Waals surface area contributed by atoms with Crippen molar-refractivity contribution in [3.63, 3.8) is 0 Å². The molecule has 0 aromatic heterocycles. The first-order chi connectivity index (χ1) is 6.95. The van der Waals surface area contributed by atoms with Crippen LogP contribution in [0.4, 0.5) is 0 Å². The lowest BCUT2D eigenvalue weighted by molar-refractivity contribution is 1.42. The summed E-state index contributed by atoms with van der Waals surface area (Å²) in [6.45, 7) is 24.4. The van der Waals surface area contributed by atoms with Gasteiger partial charge in [0.25, 0.3) is 0 Å². The van der Waals surface area contributed by atoms with Crippen LogP contribution in [0.2, 0.25) is 0 Å². The monoisotopic (exact) mass is 206 g/mol. The SMILES string of the molecule is C=C(C)C.C=C/C=C(\C=C)C(=C)C.CC. The van der Waals surface area contributed by atoms with Crippen LogP contribution in [0.25, 0.3) is 0 Å². The van der Waals surface area contributed by atoms with Gasteiger partial charge in [0.1, 0.15) is 0 Å². The first kappa shape index (κ1) is 19.3. The van der Waals surface area contributed by atoms with E-state index < -0.39 is 0 Å². The van der Waals surface area contributed by atoms with E-state index in [0.29, 0.717) is 0 Å². The highest BCUT2D eigenvalue weighted by atomic mass is 13.9. The molecule has 0 atom stereocenters. The zero-order chi connectivity index (χ0) is 12.9. The van der Waals surface area contributed by atoms with Gasteiger partial charge in [-0.3, -0.25) is 0 Å². The van der Waals surface area contributed by atoms with Gasteiger partial charge in [-0.15, -0.1) is 6.58 Å². The van der Waals surface area contributed by atoms with Crippen LogP contribution in [-0.2, 0) is 0 Å². The summed E-state index contributed by atoms with van der Waals surface area (Å²) in [5.74, 6) is 0. The van der Waals surface area contributed by atoms with E-state index in [9.17, 15) is 0 Å². The highest BCUT2D eigenvalue weighted by Crippen LogP contribution is 2.06. The van der Waals surface area contributed by atoms with E-state index in [1.54, 1.807) is 12.2 Å². The molecule has 0 amide bonds. The van der Waals surface area contributed by atoms with Crippen molar-refractivity contribution in [1.29, 1.82) is 0 Å². The molecule has 0 bridgehead atoms. The fraction of sp³-hybridized carbons (Fsp3) is 0.333. The summed E-state index contributed by atoms with van der Waals surface area (Å²) in [5.41, 5.74) is 3.23. The second-order valence-corrected chi connectivity index (χ2v) is 3.05. The van der Waals surface area contributed by atoms with Crippen molar-refractivity contribution in [1.82, 2.24) is 0 Å². The lowest BCUT2D eigenvalue weighted by Crippen LogP contribution is -1.74. The molecule has 0 unspecified atom stereocenters. The molecule has 0 aliphatic heterocycles. The molecule has 0 saturated carbocycles. The lowest BCUT2D eigenvalue weighted by Gasteiger charge is -1.95. The van der Waals surface area contributed by atoms with Crippen LogP contribution in [0, 0.1) is 0 Å². The molecule has 0 rings (SSSR count). The maximum Gasteiger partial charge on any atom is -0.0239 e. The molecule has 0 aliphatic rings. The largest absolute Gasteiger partial charge is 0.100 e. The van der Waals surface area contributed by atoms with Crippen molar-refractivity contribution in [3.8, 4) is 0 Å². The average molecular weight is 206 g/mol. The summed E-state index contributed by atoms with van der Waals surface area (Å²) >= 11 is 0. The molecule has 0 heterocycles. The minimum atomic E-state index is 1.02. The summed E-state index contributed by atoms with van der Waals surface area (Å²) in [5, 5.41) is 0. The summed E-state index contributed by atoms with van der Waals surface area (Å²) in [6.07, 6.45) is 5.38. The van der Waals surface area contributed by atoms with Gasteiger partial charge < -0.3 is 0 Å². The zero-order valence-corrected chi connectivity index (χ0v) is 11.1. The Kier molecular flexibility index (Phi) is 19.5. The van der Waals surface area contributed by atoms with Crippen molar-refractivity contribution >= 4 is 0 Å². The Balaban J connectivity index is -0.000000202. The van der Waals surface area contributed by atoms with Crippen LogP contribution in [0.1, 0.15) is 34.6 Å². The van der Waals surface area contributed by atoms with Crippen LogP contribution >= 0.6 is 0 Å². The van der Waals surface area contributed by atoms with Gasteiger partial charge in [-0.05, 0) is 26.3 Å². The third-order valence-corrected chi connectivity index (χ3v) is 1.01. The van der Waals surface area contributed by atoms with E-state index in [2.05, 4.69) is 26.3 Å². The van der Waals surface area contributed by atoms with Crippen molar-refractivity contribution in [2.75, 3.05) is 0 Å². The summed E-state index contributed by atoms with van der Waals surface area (Å²) in [6, 6.07) is 0. The van der Waals surface area contributed by atoms with E-state index in [1.165, 1.54) is 5.57 Å². The number of rotatable bonds is 3. The van der Waals surface area contributed by atoms with Gasteiger partial charge in [-0.1, -0.05) is 63.0 Å². The van der Waals surface area contributed by atoms with Crippen LogP contribution in [0.5, 0.6) is 0 Å². The second-order valence-electron chi connectivity index (χ2n) is 3.05. The number of hydrogen-bond acceptors (Lipinski definition) is 0. The quantitative estimate of drug-likeness (QED) is 0.424. The second kappa shape index (κ2) is 15.2. The standard InChI is InChI=1S/C9H12.C4H8.C2H6/c1-5-7-9(6-2)8(3)4;1-4(2)3;1-2/h5-7H,1-3H2,4H3;1H2,2-3H3;1-2H3/b9-7+;;. The Hall–Kier alpha value is -1.30. The zero-order valence-electron chi connectivity index (χ0n) is 11.1. The summed E-state index contributed by atoms with van der Waals surface area (Å²) in [4.78, 5) is 0. The Bertz CT molecular complexity index is 222. The highest BCUT2D eigenvalue weighted by Gasteiger charge is 1.86. The third kappa shape index (κ3) is 24.5. The Morgan fingerprint density at radius 1 is 0.933 bits per heavy atom. The molecule has 0 nitrogen and oxygen atoms in total. The molecule has 0 aromatic rings. The first-order valence-corrected chi connectivity index (χ1v) is 5.18. The molecular weight excluding hydrogens is 180 g/mol. The van der Waals surface area contributed by atoms with E-state index >= 15 is 0 Å². The van der Waals surface area contributed by atoms with Crippen molar-refractivity contribution in [3.05, 3.63) is 61.3 Å². The maximum atomic E-state index is 3.76. The van der Waals surface area contributed by atoms with Gasteiger partial charge in [-0.2, -0.15) is 0 Å². The molecule has 0 spiro atoms. The van der Waals surface area contributed by atoms with E-state index in [4.69, 9.17) is 0 Å². The van der Waals surface area contributed by atoms with Gasteiger partial charge in [-0.25, -0.2) is 0 Å². The molecule has 0 saturated heterocycles. The fourth-order valence-corrected chi connectivity index (χ4v) is 0.511. The Morgan fingerprint density at radius 3 is 1.33 bits per heavy atom. The van der Waals surface area contributed by atoms with Crippen molar-refractivity contribution in [2.24, 2.45) is 0 Å². The topological polar surface area (TPSA) is 0 Å². The fourth-order valence-electron chi connectivity index (χ4n) is 0.511. The molecule has 0 N–H and O–H groups in total. The van der Waals surface area contributed by atoms with Crippen molar-refractivity contribution in [2.45, 2.75) is 34.6 Å². The number of allylic oxidation sites excluding steroid dienone is 6. The van der Waals surface area contributed by atoms with Crippen LogP contribution < -0.4 is 0 Å². The minimum Gasteiger partial charge on any atom is -0.100 e.